The third-order valence-corrected chi connectivity index (χ3v) is 11.8. The van der Waals surface area contributed by atoms with E-state index in [2.05, 4.69) is 171 Å². The predicted octanol–water partition coefficient (Wildman–Crippen LogP) is 11.7. The van der Waals surface area contributed by atoms with Crippen molar-refractivity contribution in [1.82, 2.24) is 0 Å². The van der Waals surface area contributed by atoms with Crippen molar-refractivity contribution in [1.29, 1.82) is 0 Å². The van der Waals surface area contributed by atoms with Crippen molar-refractivity contribution >= 4 is 57.2 Å². The topological polar surface area (TPSA) is 6.48 Å². The summed E-state index contributed by atoms with van der Waals surface area (Å²) in [5.74, 6) is 1.43. The van der Waals surface area contributed by atoms with Gasteiger partial charge >= 0.3 is 0 Å². The summed E-state index contributed by atoms with van der Waals surface area (Å²) in [6, 6.07) is 50.8. The van der Waals surface area contributed by atoms with Crippen molar-refractivity contribution in [3.05, 3.63) is 150 Å². The van der Waals surface area contributed by atoms with Crippen LogP contribution in [0.5, 0.6) is 0 Å². The molecule has 0 N–H and O–H groups in total. The van der Waals surface area contributed by atoms with Gasteiger partial charge in [-0.05, 0) is 123 Å². The molecule has 0 aromatic heterocycles. The molecular weight excluding hydrogens is 615 g/mol. The minimum absolute atomic E-state index is 0.107. The molecule has 6 aromatic rings. The van der Waals surface area contributed by atoms with Crippen LogP contribution in [0, 0.1) is 0 Å². The van der Waals surface area contributed by atoms with E-state index in [9.17, 15) is 0 Å². The summed E-state index contributed by atoms with van der Waals surface area (Å²) in [7, 11) is 0. The van der Waals surface area contributed by atoms with Gasteiger partial charge in [-0.15, -0.1) is 0 Å². The molecular formula is C48H47BN2. The molecule has 2 aliphatic heterocycles. The van der Waals surface area contributed by atoms with E-state index in [1.165, 1.54) is 110 Å². The highest BCUT2D eigenvalue weighted by molar-refractivity contribution is 7.00. The number of rotatable bonds is 6. The van der Waals surface area contributed by atoms with E-state index >= 15 is 0 Å². The molecule has 1 aliphatic carbocycles. The van der Waals surface area contributed by atoms with Crippen LogP contribution in [0.1, 0.15) is 94.2 Å². The number of hydrogen-bond acceptors (Lipinski definition) is 2. The van der Waals surface area contributed by atoms with Crippen molar-refractivity contribution in [2.24, 2.45) is 0 Å². The molecule has 1 fully saturated rings. The number of hydrogen-bond donors (Lipinski definition) is 0. The SMILES string of the molecule is CC(C)c1cccc(C(C)C)c1-c1ccc2c(c1)B1c3ccccc3N(c3ccccc3)c3cc(C4CCCCC4)cc(c31)N2c1ccccc1. The normalized spacial score (nSPS) is 15.2. The van der Waals surface area contributed by atoms with Gasteiger partial charge in [0.1, 0.15) is 0 Å². The molecule has 0 amide bonds. The third kappa shape index (κ3) is 5.32. The van der Waals surface area contributed by atoms with Gasteiger partial charge in [0.25, 0.3) is 6.71 Å². The summed E-state index contributed by atoms with van der Waals surface area (Å²) in [4.78, 5) is 5.13. The van der Waals surface area contributed by atoms with Gasteiger partial charge in [0, 0.05) is 34.1 Å². The molecule has 0 bridgehead atoms. The smallest absolute Gasteiger partial charge is 0.252 e. The Labute approximate surface area is 304 Å². The van der Waals surface area contributed by atoms with Gasteiger partial charge in [0.15, 0.2) is 0 Å². The number of anilines is 6. The quantitative estimate of drug-likeness (QED) is 0.164. The Morgan fingerprint density at radius 2 is 1.06 bits per heavy atom. The molecule has 0 atom stereocenters. The monoisotopic (exact) mass is 662 g/mol. The highest BCUT2D eigenvalue weighted by atomic mass is 15.2. The fourth-order valence-electron chi connectivity index (χ4n) is 9.39. The Balaban J connectivity index is 1.37. The Bertz CT molecular complexity index is 2170. The molecule has 1 saturated carbocycles. The summed E-state index contributed by atoms with van der Waals surface area (Å²) in [5.41, 5.74) is 18.9. The Hall–Kier alpha value is -5.02. The fraction of sp³-hybridized carbons (Fsp3) is 0.250. The number of fused-ring (bicyclic) bond motifs is 4. The maximum Gasteiger partial charge on any atom is 0.252 e. The molecule has 252 valence electrons. The van der Waals surface area contributed by atoms with Crippen molar-refractivity contribution in [3.63, 3.8) is 0 Å². The molecule has 9 rings (SSSR count). The second kappa shape index (κ2) is 12.9. The largest absolute Gasteiger partial charge is 0.311 e. The average Bonchev–Trinajstić information content (AvgIpc) is 3.18. The van der Waals surface area contributed by atoms with E-state index in [4.69, 9.17) is 0 Å². The lowest BCUT2D eigenvalue weighted by molar-refractivity contribution is 0.444. The lowest BCUT2D eigenvalue weighted by Gasteiger charge is -2.45. The Morgan fingerprint density at radius 1 is 0.510 bits per heavy atom. The van der Waals surface area contributed by atoms with Gasteiger partial charge in [-0.25, -0.2) is 0 Å². The summed E-state index contributed by atoms with van der Waals surface area (Å²) >= 11 is 0. The zero-order valence-corrected chi connectivity index (χ0v) is 30.4. The molecule has 0 saturated heterocycles. The first-order chi connectivity index (χ1) is 25.0. The standard InChI is InChI=1S/C48H47BN2/c1-32(2)39-23-16-24-40(33(3)4)47(39)35-27-28-44-42(29-35)49-41-25-14-15-26-43(41)50(37-19-10-6-11-20-37)45-30-36(34-17-8-5-9-18-34)31-46(48(45)49)51(44)38-21-12-7-13-22-38/h6-7,10-16,19-34H,5,8-9,17-18H2,1-4H3. The van der Waals surface area contributed by atoms with Gasteiger partial charge < -0.3 is 9.80 Å². The summed E-state index contributed by atoms with van der Waals surface area (Å²) in [6.45, 7) is 9.44. The van der Waals surface area contributed by atoms with Crippen LogP contribution in [0.2, 0.25) is 0 Å². The van der Waals surface area contributed by atoms with E-state index < -0.39 is 0 Å². The predicted molar refractivity (Wildman–Crippen MR) is 220 cm³/mol. The van der Waals surface area contributed by atoms with Gasteiger partial charge in [0.05, 0.1) is 0 Å². The molecule has 6 aromatic carbocycles. The summed E-state index contributed by atoms with van der Waals surface area (Å²) < 4.78 is 0. The maximum absolute atomic E-state index is 2.58. The molecule has 2 heterocycles. The summed E-state index contributed by atoms with van der Waals surface area (Å²) in [5, 5.41) is 0. The first-order valence-electron chi connectivity index (χ1n) is 19.2. The maximum atomic E-state index is 2.58. The van der Waals surface area contributed by atoms with Crippen molar-refractivity contribution in [2.45, 2.75) is 77.6 Å². The van der Waals surface area contributed by atoms with E-state index in [0.717, 1.165) is 0 Å². The first-order valence-corrected chi connectivity index (χ1v) is 19.2. The van der Waals surface area contributed by atoms with E-state index in [1.54, 1.807) is 0 Å². The molecule has 0 radical (unpaired) electrons. The van der Waals surface area contributed by atoms with Crippen LogP contribution in [0.25, 0.3) is 11.1 Å². The van der Waals surface area contributed by atoms with Gasteiger partial charge in [-0.2, -0.15) is 0 Å². The van der Waals surface area contributed by atoms with E-state index in [1.807, 2.05) is 0 Å². The van der Waals surface area contributed by atoms with E-state index in [0.29, 0.717) is 17.8 Å². The summed E-state index contributed by atoms with van der Waals surface area (Å²) in [6.07, 6.45) is 6.51. The van der Waals surface area contributed by atoms with Crippen LogP contribution in [0.15, 0.2) is 133 Å². The first kappa shape index (κ1) is 31.9. The molecule has 0 spiro atoms. The zero-order valence-electron chi connectivity index (χ0n) is 30.4. The minimum atomic E-state index is 0.107. The van der Waals surface area contributed by atoms with Gasteiger partial charge in [0.2, 0.25) is 0 Å². The lowest BCUT2D eigenvalue weighted by atomic mass is 9.33. The molecule has 2 nitrogen and oxygen atoms in total. The zero-order chi connectivity index (χ0) is 34.6. The second-order valence-electron chi connectivity index (χ2n) is 15.5. The van der Waals surface area contributed by atoms with Crippen LogP contribution in [0.3, 0.4) is 0 Å². The minimum Gasteiger partial charge on any atom is -0.311 e. The third-order valence-electron chi connectivity index (χ3n) is 11.8. The highest BCUT2D eigenvalue weighted by Crippen LogP contribution is 2.47. The van der Waals surface area contributed by atoms with Crippen LogP contribution in [-0.2, 0) is 0 Å². The number of benzene rings is 6. The molecule has 3 aliphatic rings. The van der Waals surface area contributed by atoms with Crippen molar-refractivity contribution in [3.8, 4) is 11.1 Å². The van der Waals surface area contributed by atoms with Crippen LogP contribution < -0.4 is 26.2 Å². The van der Waals surface area contributed by atoms with Gasteiger partial charge in [-0.3, -0.25) is 0 Å². The molecule has 0 unspecified atom stereocenters. The second-order valence-corrected chi connectivity index (χ2v) is 15.5. The molecule has 51 heavy (non-hydrogen) atoms. The van der Waals surface area contributed by atoms with Crippen LogP contribution >= 0.6 is 0 Å². The fourth-order valence-corrected chi connectivity index (χ4v) is 9.39. The van der Waals surface area contributed by atoms with Crippen molar-refractivity contribution in [2.75, 3.05) is 9.80 Å². The Morgan fingerprint density at radius 3 is 1.65 bits per heavy atom. The average molecular weight is 663 g/mol. The highest BCUT2D eigenvalue weighted by Gasteiger charge is 2.44. The number of nitrogens with zero attached hydrogens (tertiary/aromatic N) is 2. The Kier molecular flexibility index (Phi) is 8.11. The number of para-hydroxylation sites is 3. The lowest BCUT2D eigenvalue weighted by Crippen LogP contribution is -2.61. The van der Waals surface area contributed by atoms with Crippen LogP contribution in [-0.4, -0.2) is 6.71 Å². The van der Waals surface area contributed by atoms with E-state index in [-0.39, 0.29) is 6.71 Å². The van der Waals surface area contributed by atoms with Crippen molar-refractivity contribution < 1.29 is 0 Å². The van der Waals surface area contributed by atoms with Gasteiger partial charge in [-0.1, -0.05) is 132 Å². The molecule has 3 heteroatoms. The van der Waals surface area contributed by atoms with Crippen LogP contribution in [0.4, 0.5) is 34.1 Å².